The van der Waals surface area contributed by atoms with Gasteiger partial charge in [-0.25, -0.2) is 14.6 Å². The van der Waals surface area contributed by atoms with Crippen molar-refractivity contribution in [3.8, 4) is 17.6 Å². The second-order valence-electron chi connectivity index (χ2n) is 14.9. The first kappa shape index (κ1) is 44.8. The van der Waals surface area contributed by atoms with Gasteiger partial charge in [0.2, 0.25) is 5.95 Å². The van der Waals surface area contributed by atoms with Gasteiger partial charge < -0.3 is 32.9 Å². The van der Waals surface area contributed by atoms with Gasteiger partial charge in [0, 0.05) is 32.6 Å². The molecular weight excluding hydrogens is 851 g/mol. The number of aromatic amines is 1. The molecule has 15 nitrogen and oxygen atoms in total. The fourth-order valence-corrected chi connectivity index (χ4v) is 9.57. The lowest BCUT2D eigenvalue weighted by atomic mass is 9.80. The Kier molecular flexibility index (Phi) is 15.1. The molecule has 60 heavy (non-hydrogen) atoms. The lowest BCUT2D eigenvalue weighted by molar-refractivity contribution is -0.0915. The highest BCUT2D eigenvalue weighted by Gasteiger charge is 2.45. The number of hydrogen-bond acceptors (Lipinski definition) is 12. The topological polar surface area (TPSA) is 162 Å². The van der Waals surface area contributed by atoms with Gasteiger partial charge in [-0.05, 0) is 84.6 Å². The summed E-state index contributed by atoms with van der Waals surface area (Å²) in [6.45, 7) is 8.61. The van der Waals surface area contributed by atoms with E-state index in [0.29, 0.717) is 22.7 Å². The van der Waals surface area contributed by atoms with E-state index in [9.17, 15) is 10.1 Å². The van der Waals surface area contributed by atoms with Gasteiger partial charge in [-0.15, -0.1) is 0 Å². The molecule has 318 valence electrons. The molecule has 1 N–H and O–H groups in total. The maximum atomic E-state index is 13.3. The molecular formula is C43H52BrN8O7P. The van der Waals surface area contributed by atoms with E-state index in [-0.39, 0.29) is 48.8 Å². The summed E-state index contributed by atoms with van der Waals surface area (Å²) in [5.41, 5.74) is 1.43. The molecule has 0 radical (unpaired) electrons. The van der Waals surface area contributed by atoms with E-state index in [1.54, 1.807) is 30.0 Å². The fraction of sp³-hybridized carbons (Fsp3) is 0.419. The number of hydrogen-bond donors (Lipinski definition) is 1. The van der Waals surface area contributed by atoms with Crippen molar-refractivity contribution in [1.29, 1.82) is 5.26 Å². The molecule has 5 aromatic rings. The van der Waals surface area contributed by atoms with Crippen molar-refractivity contribution in [2.24, 2.45) is 4.99 Å². The van der Waals surface area contributed by atoms with Crippen LogP contribution < -0.4 is 15.0 Å². The number of ether oxygens (including phenoxy) is 4. The van der Waals surface area contributed by atoms with Crippen LogP contribution in [-0.2, 0) is 24.1 Å². The van der Waals surface area contributed by atoms with Gasteiger partial charge in [-0.1, -0.05) is 54.6 Å². The molecule has 6 rings (SSSR count). The fourth-order valence-electron chi connectivity index (χ4n) is 7.24. The summed E-state index contributed by atoms with van der Waals surface area (Å²) in [5.74, 6) is 1.53. The van der Waals surface area contributed by atoms with Gasteiger partial charge in [0.15, 0.2) is 15.9 Å². The van der Waals surface area contributed by atoms with Crippen LogP contribution >= 0.6 is 24.5 Å². The lowest BCUT2D eigenvalue weighted by Gasteiger charge is -2.39. The molecule has 17 heteroatoms. The third kappa shape index (κ3) is 9.90. The molecule has 3 heterocycles. The summed E-state index contributed by atoms with van der Waals surface area (Å²) in [7, 11) is 5.23. The molecule has 1 aliphatic rings. The van der Waals surface area contributed by atoms with Gasteiger partial charge in [0.25, 0.3) is 14.1 Å². The number of aliphatic imine (C=N–C) groups is 1. The Balaban J connectivity index is 1.47. The minimum Gasteiger partial charge on any atom is -0.497 e. The van der Waals surface area contributed by atoms with Crippen molar-refractivity contribution in [3.05, 3.63) is 111 Å². The van der Waals surface area contributed by atoms with Gasteiger partial charge in [0.05, 0.1) is 52.4 Å². The zero-order chi connectivity index (χ0) is 43.0. The van der Waals surface area contributed by atoms with E-state index in [1.807, 2.05) is 93.0 Å². The van der Waals surface area contributed by atoms with E-state index < -0.39 is 38.1 Å². The van der Waals surface area contributed by atoms with Crippen LogP contribution in [0.4, 0.5) is 5.95 Å². The van der Waals surface area contributed by atoms with Gasteiger partial charge in [-0.3, -0.25) is 14.3 Å². The number of aromatic nitrogens is 4. The van der Waals surface area contributed by atoms with Crippen LogP contribution in [0.15, 0.2) is 93.4 Å². The molecule has 0 saturated carbocycles. The number of benzene rings is 3. The van der Waals surface area contributed by atoms with Crippen LogP contribution in [-0.4, -0.2) is 101 Å². The normalized spacial score (nSPS) is 17.6. The minimum absolute atomic E-state index is 0.0511. The molecule has 3 aromatic carbocycles. The van der Waals surface area contributed by atoms with Crippen molar-refractivity contribution in [2.45, 2.75) is 76.7 Å². The van der Waals surface area contributed by atoms with Crippen LogP contribution in [0.3, 0.4) is 0 Å². The molecule has 1 unspecified atom stereocenters. The molecule has 0 amide bonds. The van der Waals surface area contributed by atoms with Gasteiger partial charge in [0.1, 0.15) is 29.4 Å². The number of nitriles is 1. The number of rotatable bonds is 19. The Morgan fingerprint density at radius 1 is 0.983 bits per heavy atom. The maximum Gasteiger partial charge on any atom is 0.280 e. The molecule has 2 aromatic heterocycles. The Labute approximate surface area is 360 Å². The number of fused-ring (bicyclic) bond motifs is 1. The zero-order valence-corrected chi connectivity index (χ0v) is 37.6. The second kappa shape index (κ2) is 20.2. The Morgan fingerprint density at radius 3 is 2.13 bits per heavy atom. The van der Waals surface area contributed by atoms with E-state index in [2.05, 4.69) is 69.3 Å². The Morgan fingerprint density at radius 2 is 1.58 bits per heavy atom. The number of halogens is 1. The van der Waals surface area contributed by atoms with Gasteiger partial charge >= 0.3 is 0 Å². The summed E-state index contributed by atoms with van der Waals surface area (Å²) in [4.78, 5) is 31.3. The maximum absolute atomic E-state index is 13.3. The van der Waals surface area contributed by atoms with E-state index in [0.717, 1.165) is 16.7 Å². The molecule has 0 bridgehead atoms. The first-order valence-electron chi connectivity index (χ1n) is 19.7. The predicted molar refractivity (Wildman–Crippen MR) is 235 cm³/mol. The monoisotopic (exact) mass is 902 g/mol. The van der Waals surface area contributed by atoms with Crippen LogP contribution in [0.2, 0.25) is 0 Å². The van der Waals surface area contributed by atoms with Crippen LogP contribution in [0.25, 0.3) is 11.2 Å². The predicted octanol–water partition coefficient (Wildman–Crippen LogP) is 8.08. The quantitative estimate of drug-likeness (QED) is 0.0212. The smallest absolute Gasteiger partial charge is 0.280 e. The summed E-state index contributed by atoms with van der Waals surface area (Å²) < 4.78 is 43.2. The average Bonchev–Trinajstić information content (AvgIpc) is 3.79. The Bertz CT molecular complexity index is 2240. The molecule has 1 aliphatic heterocycles. The number of H-pyrrole nitrogens is 1. The van der Waals surface area contributed by atoms with Crippen molar-refractivity contribution in [2.75, 3.05) is 41.5 Å². The number of methoxy groups -OCH3 is 2. The summed E-state index contributed by atoms with van der Waals surface area (Å²) in [6.07, 6.45) is 0.0880. The van der Waals surface area contributed by atoms with E-state index in [1.165, 1.54) is 0 Å². The van der Waals surface area contributed by atoms with Crippen LogP contribution in [0.1, 0.15) is 63.5 Å². The Hall–Kier alpha value is -4.72. The summed E-state index contributed by atoms with van der Waals surface area (Å²) in [6, 6.07) is 28.0. The SMILES string of the molecule is COc1ccc(C(OC[C@H]2O[C@@H](n3c(Br)nc4c(=O)[nH]c(N=CN(C)C)nc43)C[C@@H]2OP(OCCC#N)N(C(C)C)C(C)C)(c2ccccc2)c2ccc(OC)cc2)cc1. The van der Waals surface area contributed by atoms with Crippen molar-refractivity contribution in [3.63, 3.8) is 0 Å². The molecule has 0 spiro atoms. The molecule has 1 saturated heterocycles. The largest absolute Gasteiger partial charge is 0.497 e. The number of nitrogens with zero attached hydrogens (tertiary/aromatic N) is 7. The second-order valence-corrected chi connectivity index (χ2v) is 17.0. The first-order valence-corrected chi connectivity index (χ1v) is 21.6. The first-order chi connectivity index (χ1) is 28.9. The summed E-state index contributed by atoms with van der Waals surface area (Å²) in [5, 5.41) is 9.42. The third-order valence-corrected chi connectivity index (χ3v) is 12.6. The minimum atomic E-state index is -1.69. The number of nitrogens with one attached hydrogen (secondary N) is 1. The molecule has 4 atom stereocenters. The number of imidazole rings is 1. The van der Waals surface area contributed by atoms with Gasteiger partial charge in [-0.2, -0.15) is 10.2 Å². The highest BCUT2D eigenvalue weighted by molar-refractivity contribution is 9.10. The standard InChI is InChI=1S/C43H52BrN8O7P/c1-28(2)52(29(3)4)60(57-24-12-23-45)59-35-25-37(51-39-38(47-41(51)44)40(53)49-42(48-39)46-27-50(5)6)58-36(35)26-56-43(30-13-10-9-11-14-30,31-15-19-33(54-7)20-16-31)32-17-21-34(55-8)22-18-32/h9-11,13-22,27-29,35-37H,12,24-26H2,1-8H3,(H,48,49,53)/t35-,36+,37+,60?/m0/s1. The lowest BCUT2D eigenvalue weighted by Crippen LogP contribution is -2.39. The molecule has 1 fully saturated rings. The molecule has 0 aliphatic carbocycles. The van der Waals surface area contributed by atoms with Crippen LogP contribution in [0, 0.1) is 11.3 Å². The van der Waals surface area contributed by atoms with Crippen LogP contribution in [0.5, 0.6) is 11.5 Å². The zero-order valence-electron chi connectivity index (χ0n) is 35.1. The highest BCUT2D eigenvalue weighted by atomic mass is 79.9. The van der Waals surface area contributed by atoms with Crippen molar-refractivity contribution < 1.29 is 28.0 Å². The average molecular weight is 904 g/mol. The van der Waals surface area contributed by atoms with E-state index in [4.69, 9.17) is 33.0 Å². The third-order valence-electron chi connectivity index (χ3n) is 9.90. The van der Waals surface area contributed by atoms with Crippen molar-refractivity contribution in [1.82, 2.24) is 29.1 Å². The highest BCUT2D eigenvalue weighted by Crippen LogP contribution is 2.51. The summed E-state index contributed by atoms with van der Waals surface area (Å²) >= 11 is 3.60. The van der Waals surface area contributed by atoms with Crippen molar-refractivity contribution >= 4 is 47.9 Å². The van der Waals surface area contributed by atoms with E-state index >= 15 is 0 Å².